The minimum atomic E-state index is -0.600. The highest BCUT2D eigenvalue weighted by Gasteiger charge is 2.26. The second kappa shape index (κ2) is 10.7. The molecule has 1 atom stereocenters. The Labute approximate surface area is 171 Å². The molecule has 1 saturated heterocycles. The number of rotatable bonds is 5. The number of benzene rings is 1. The Morgan fingerprint density at radius 3 is 2.79 bits per heavy atom. The van der Waals surface area contributed by atoms with Crippen LogP contribution in [-0.4, -0.2) is 60.5 Å². The minimum absolute atomic E-state index is 0. The van der Waals surface area contributed by atoms with Crippen molar-refractivity contribution < 1.29 is 29.0 Å². The number of ether oxygens (including phenoxy) is 3. The maximum absolute atomic E-state index is 12.7. The van der Waals surface area contributed by atoms with E-state index in [1.54, 1.807) is 28.6 Å². The first kappa shape index (κ1) is 22.5. The molecule has 28 heavy (non-hydrogen) atoms. The molecule has 2 aliphatic heterocycles. The lowest BCUT2D eigenvalue weighted by Crippen LogP contribution is -2.40. The summed E-state index contributed by atoms with van der Waals surface area (Å²) in [5, 5.41) is 8.77. The Hall–Kier alpha value is -1.81. The van der Waals surface area contributed by atoms with Crippen molar-refractivity contribution in [3.8, 4) is 5.75 Å². The highest BCUT2D eigenvalue weighted by Crippen LogP contribution is 2.27. The van der Waals surface area contributed by atoms with E-state index in [-0.39, 0.29) is 31.5 Å². The number of hydroxylamine groups is 1. The number of carbonyl (C=O) groups excluding carboxylic acids is 2. The van der Waals surface area contributed by atoms with Crippen molar-refractivity contribution in [2.45, 2.75) is 44.9 Å². The lowest BCUT2D eigenvalue weighted by molar-refractivity contribution is -0.136. The van der Waals surface area contributed by atoms with E-state index in [0.29, 0.717) is 50.7 Å². The average Bonchev–Trinajstić information content (AvgIpc) is 2.86. The smallest absolute Gasteiger partial charge is 0.274 e. The Balaban J connectivity index is 0.00000280. The Morgan fingerprint density at radius 1 is 1.32 bits per heavy atom. The zero-order valence-corrected chi connectivity index (χ0v) is 17.0. The summed E-state index contributed by atoms with van der Waals surface area (Å²) >= 11 is 0. The predicted molar refractivity (Wildman–Crippen MR) is 106 cm³/mol. The van der Waals surface area contributed by atoms with Gasteiger partial charge >= 0.3 is 0 Å². The topological polar surface area (TPSA) is 97.3 Å². The normalized spacial score (nSPS) is 19.6. The third-order valence-electron chi connectivity index (χ3n) is 4.94. The summed E-state index contributed by atoms with van der Waals surface area (Å²) in [4.78, 5) is 26.1. The molecule has 0 radical (unpaired) electrons. The van der Waals surface area contributed by atoms with Crippen LogP contribution in [0.15, 0.2) is 18.2 Å². The molecule has 2 amide bonds. The van der Waals surface area contributed by atoms with E-state index in [2.05, 4.69) is 0 Å². The first-order chi connectivity index (χ1) is 13.1. The zero-order valence-electron chi connectivity index (χ0n) is 16.0. The standard InChI is InChI=1S/C19H26N2O6.H2S/c1-13-12-27-17-10-14(19(23)20-24)2-3-15(17)11-21(13)18(22)6-9-26-16-4-7-25-8-5-16;/h2-3,10,13,16,24H,4-9,11-12H2,1H3,(H,20,23);1H2/t13-;/m0./s1. The van der Waals surface area contributed by atoms with E-state index in [9.17, 15) is 9.59 Å². The summed E-state index contributed by atoms with van der Waals surface area (Å²) in [6, 6.07) is 4.83. The quantitative estimate of drug-likeness (QED) is 0.563. The van der Waals surface area contributed by atoms with Crippen molar-refractivity contribution in [2.75, 3.05) is 26.4 Å². The second-order valence-corrected chi connectivity index (χ2v) is 6.88. The maximum Gasteiger partial charge on any atom is 0.274 e. The lowest BCUT2D eigenvalue weighted by Gasteiger charge is -2.27. The monoisotopic (exact) mass is 412 g/mol. The zero-order chi connectivity index (χ0) is 19.2. The van der Waals surface area contributed by atoms with Gasteiger partial charge in [-0.3, -0.25) is 14.8 Å². The van der Waals surface area contributed by atoms with Gasteiger partial charge in [-0.1, -0.05) is 6.07 Å². The van der Waals surface area contributed by atoms with Crippen molar-refractivity contribution in [1.82, 2.24) is 10.4 Å². The first-order valence-corrected chi connectivity index (χ1v) is 9.27. The maximum atomic E-state index is 12.7. The van der Waals surface area contributed by atoms with Gasteiger partial charge in [0.25, 0.3) is 5.91 Å². The third-order valence-corrected chi connectivity index (χ3v) is 4.94. The number of hydrogen-bond acceptors (Lipinski definition) is 6. The van der Waals surface area contributed by atoms with Crippen LogP contribution >= 0.6 is 13.5 Å². The third kappa shape index (κ3) is 5.60. The molecule has 0 saturated carbocycles. The van der Waals surface area contributed by atoms with Crippen LogP contribution in [0, 0.1) is 0 Å². The van der Waals surface area contributed by atoms with Gasteiger partial charge in [0.1, 0.15) is 12.4 Å². The van der Waals surface area contributed by atoms with E-state index < -0.39 is 5.91 Å². The summed E-state index contributed by atoms with van der Waals surface area (Å²) in [7, 11) is 0. The highest BCUT2D eigenvalue weighted by molar-refractivity contribution is 7.59. The molecule has 9 heteroatoms. The van der Waals surface area contributed by atoms with Crippen LogP contribution in [0.4, 0.5) is 0 Å². The number of fused-ring (bicyclic) bond motifs is 1. The molecule has 0 aromatic heterocycles. The molecule has 2 aliphatic rings. The fourth-order valence-corrected chi connectivity index (χ4v) is 3.30. The molecular weight excluding hydrogens is 384 g/mol. The van der Waals surface area contributed by atoms with Gasteiger partial charge in [0.2, 0.25) is 5.91 Å². The molecule has 2 heterocycles. The van der Waals surface area contributed by atoms with Crippen LogP contribution in [-0.2, 0) is 20.8 Å². The van der Waals surface area contributed by atoms with Gasteiger partial charge in [-0.2, -0.15) is 13.5 Å². The summed E-state index contributed by atoms with van der Waals surface area (Å²) in [6.07, 6.45) is 2.24. The number of nitrogens with one attached hydrogen (secondary N) is 1. The van der Waals surface area contributed by atoms with Gasteiger partial charge in [-0.25, -0.2) is 5.48 Å². The fraction of sp³-hybridized carbons (Fsp3) is 0.579. The molecule has 0 bridgehead atoms. The molecule has 0 unspecified atom stereocenters. The Kier molecular flexibility index (Phi) is 8.56. The van der Waals surface area contributed by atoms with E-state index in [1.807, 2.05) is 6.92 Å². The summed E-state index contributed by atoms with van der Waals surface area (Å²) in [5.41, 5.74) is 2.73. The van der Waals surface area contributed by atoms with Crippen LogP contribution in [0.1, 0.15) is 42.1 Å². The molecule has 3 rings (SSSR count). The Morgan fingerprint density at radius 2 is 2.07 bits per heavy atom. The van der Waals surface area contributed by atoms with Crippen molar-refractivity contribution >= 4 is 25.3 Å². The van der Waals surface area contributed by atoms with Gasteiger partial charge in [0.15, 0.2) is 0 Å². The van der Waals surface area contributed by atoms with E-state index in [1.165, 1.54) is 0 Å². The van der Waals surface area contributed by atoms with Gasteiger partial charge in [-0.15, -0.1) is 0 Å². The van der Waals surface area contributed by atoms with Crippen molar-refractivity contribution in [3.05, 3.63) is 29.3 Å². The number of amides is 2. The number of nitrogens with zero attached hydrogens (tertiary/aromatic N) is 1. The Bertz CT molecular complexity index is 680. The summed E-state index contributed by atoms with van der Waals surface area (Å²) in [6.45, 7) is 4.51. The minimum Gasteiger partial charge on any atom is -0.491 e. The van der Waals surface area contributed by atoms with Crippen LogP contribution in [0.3, 0.4) is 0 Å². The first-order valence-electron chi connectivity index (χ1n) is 9.27. The SMILES string of the molecule is C[C@H]1COc2cc(C(=O)NO)ccc2CN1C(=O)CCOC1CCOCC1.S. The number of carbonyl (C=O) groups is 2. The predicted octanol–water partition coefficient (Wildman–Crippen LogP) is 1.61. The van der Waals surface area contributed by atoms with E-state index >= 15 is 0 Å². The molecule has 1 aromatic carbocycles. The van der Waals surface area contributed by atoms with Gasteiger partial charge < -0.3 is 19.1 Å². The van der Waals surface area contributed by atoms with Gasteiger partial charge in [-0.05, 0) is 31.9 Å². The highest BCUT2D eigenvalue weighted by atomic mass is 32.1. The average molecular weight is 413 g/mol. The van der Waals surface area contributed by atoms with Crippen LogP contribution < -0.4 is 10.2 Å². The van der Waals surface area contributed by atoms with Crippen LogP contribution in [0.2, 0.25) is 0 Å². The van der Waals surface area contributed by atoms with Crippen molar-refractivity contribution in [1.29, 1.82) is 0 Å². The molecule has 8 nitrogen and oxygen atoms in total. The van der Waals surface area contributed by atoms with E-state index in [0.717, 1.165) is 18.4 Å². The fourth-order valence-electron chi connectivity index (χ4n) is 3.30. The lowest BCUT2D eigenvalue weighted by atomic mass is 10.1. The summed E-state index contributed by atoms with van der Waals surface area (Å²) < 4.78 is 16.9. The van der Waals surface area contributed by atoms with Crippen molar-refractivity contribution in [2.24, 2.45) is 0 Å². The van der Waals surface area contributed by atoms with Crippen LogP contribution in [0.5, 0.6) is 5.75 Å². The number of hydrogen-bond donors (Lipinski definition) is 2. The molecule has 0 aliphatic carbocycles. The largest absolute Gasteiger partial charge is 0.491 e. The molecular formula is C19H28N2O6S. The summed E-state index contributed by atoms with van der Waals surface area (Å²) in [5.74, 6) is -0.0308. The molecule has 2 N–H and O–H groups in total. The molecule has 0 spiro atoms. The molecule has 1 fully saturated rings. The molecule has 156 valence electrons. The van der Waals surface area contributed by atoms with Crippen molar-refractivity contribution in [3.63, 3.8) is 0 Å². The second-order valence-electron chi connectivity index (χ2n) is 6.88. The van der Waals surface area contributed by atoms with Crippen LogP contribution in [0.25, 0.3) is 0 Å². The molecule has 1 aromatic rings. The van der Waals surface area contributed by atoms with Gasteiger partial charge in [0.05, 0.1) is 25.2 Å². The van der Waals surface area contributed by atoms with E-state index in [4.69, 9.17) is 19.4 Å². The van der Waals surface area contributed by atoms with Gasteiger partial charge in [0, 0.05) is 30.9 Å².